The molecule has 0 spiro atoms. The van der Waals surface area contributed by atoms with E-state index < -0.39 is 0 Å². The molecule has 2 N–H and O–H groups in total. The van der Waals surface area contributed by atoms with Crippen molar-refractivity contribution in [3.05, 3.63) is 23.2 Å². The van der Waals surface area contributed by atoms with Crippen LogP contribution in [0.3, 0.4) is 0 Å². The fourth-order valence-electron chi connectivity index (χ4n) is 2.05. The van der Waals surface area contributed by atoms with Crippen LogP contribution in [0.25, 0.3) is 10.9 Å². The zero-order valence-electron chi connectivity index (χ0n) is 11.4. The van der Waals surface area contributed by atoms with Crippen LogP contribution in [0.4, 0.5) is 4.79 Å². The minimum atomic E-state index is -0.353. The molecule has 0 radical (unpaired) electrons. The fraction of sp³-hybridized carbons (Fsp3) is 0.429. The molecule has 1 aromatic carbocycles. The first-order valence-corrected chi connectivity index (χ1v) is 7.16. The maximum Gasteiger partial charge on any atom is 0.342 e. The summed E-state index contributed by atoms with van der Waals surface area (Å²) in [6.07, 6.45) is 4.35. The largest absolute Gasteiger partial charge is 0.492 e. The summed E-state index contributed by atoms with van der Waals surface area (Å²) in [4.78, 5) is 12.1. The number of amides is 1. The van der Waals surface area contributed by atoms with Crippen molar-refractivity contribution in [3.63, 3.8) is 0 Å². The van der Waals surface area contributed by atoms with Gasteiger partial charge in [-0.15, -0.1) is 5.10 Å². The number of hydrogen-bond donors (Lipinski definition) is 2. The van der Waals surface area contributed by atoms with Crippen molar-refractivity contribution in [2.24, 2.45) is 0 Å². The number of fused-ring (bicyclic) bond motifs is 1. The number of carbonyl (C=O) groups excluding carboxylic acids is 1. The average Bonchev–Trinajstić information content (AvgIpc) is 2.75. The van der Waals surface area contributed by atoms with Crippen molar-refractivity contribution in [1.82, 2.24) is 15.1 Å². The van der Waals surface area contributed by atoms with Gasteiger partial charge in [0.25, 0.3) is 0 Å². The predicted molar refractivity (Wildman–Crippen MR) is 79.3 cm³/mol. The van der Waals surface area contributed by atoms with Crippen molar-refractivity contribution >= 4 is 28.5 Å². The van der Waals surface area contributed by atoms with E-state index in [1.807, 2.05) is 0 Å². The van der Waals surface area contributed by atoms with Crippen LogP contribution in [0.2, 0.25) is 5.02 Å². The molecule has 5 nitrogen and oxygen atoms in total. The molecule has 0 aliphatic heterocycles. The number of aromatic nitrogens is 2. The van der Waals surface area contributed by atoms with Gasteiger partial charge < -0.3 is 10.4 Å². The molecule has 108 valence electrons. The molecular formula is C14H18ClN3O2. The second-order valence-corrected chi connectivity index (χ2v) is 5.13. The third-order valence-electron chi connectivity index (χ3n) is 3.12. The van der Waals surface area contributed by atoms with E-state index >= 15 is 0 Å². The molecule has 1 heterocycles. The molecule has 1 aromatic heterocycles. The number of halogens is 1. The maximum atomic E-state index is 12.1. The molecular weight excluding hydrogens is 278 g/mol. The number of nitrogens with zero attached hydrogens (tertiary/aromatic N) is 2. The second-order valence-electron chi connectivity index (χ2n) is 4.69. The highest BCUT2D eigenvalue weighted by Gasteiger charge is 2.14. The molecule has 0 bridgehead atoms. The van der Waals surface area contributed by atoms with Crippen LogP contribution in [0.5, 0.6) is 5.88 Å². The van der Waals surface area contributed by atoms with Gasteiger partial charge in [0.15, 0.2) is 0 Å². The van der Waals surface area contributed by atoms with Crippen molar-refractivity contribution in [2.45, 2.75) is 32.6 Å². The lowest BCUT2D eigenvalue weighted by Crippen LogP contribution is -2.30. The number of hydrogen-bond acceptors (Lipinski definition) is 3. The Morgan fingerprint density at radius 1 is 1.40 bits per heavy atom. The molecule has 2 rings (SSSR count). The summed E-state index contributed by atoms with van der Waals surface area (Å²) in [6, 6.07) is 4.55. The zero-order valence-corrected chi connectivity index (χ0v) is 12.2. The van der Waals surface area contributed by atoms with Crippen LogP contribution in [0.1, 0.15) is 32.6 Å². The van der Waals surface area contributed by atoms with E-state index in [9.17, 15) is 9.90 Å². The maximum absolute atomic E-state index is 12.1. The van der Waals surface area contributed by atoms with Crippen molar-refractivity contribution < 1.29 is 9.90 Å². The third-order valence-corrected chi connectivity index (χ3v) is 3.36. The molecule has 0 atom stereocenters. The Kier molecular flexibility index (Phi) is 4.84. The first-order valence-electron chi connectivity index (χ1n) is 6.79. The number of benzene rings is 1. The smallest absolute Gasteiger partial charge is 0.342 e. The summed E-state index contributed by atoms with van der Waals surface area (Å²) in [5, 5.41) is 17.4. The monoisotopic (exact) mass is 295 g/mol. The Balaban J connectivity index is 2.08. The van der Waals surface area contributed by atoms with Crippen LogP contribution >= 0.6 is 11.6 Å². The summed E-state index contributed by atoms with van der Waals surface area (Å²) < 4.78 is 1.15. The van der Waals surface area contributed by atoms with E-state index in [2.05, 4.69) is 17.3 Å². The highest BCUT2D eigenvalue weighted by Crippen LogP contribution is 2.26. The molecule has 6 heteroatoms. The number of carbonyl (C=O) groups is 1. The van der Waals surface area contributed by atoms with Gasteiger partial charge in [-0.25, -0.2) is 4.79 Å². The van der Waals surface area contributed by atoms with Gasteiger partial charge in [-0.1, -0.05) is 37.8 Å². The molecule has 2 aromatic rings. The van der Waals surface area contributed by atoms with Gasteiger partial charge >= 0.3 is 6.03 Å². The zero-order chi connectivity index (χ0) is 14.5. The van der Waals surface area contributed by atoms with E-state index in [0.29, 0.717) is 22.5 Å². The van der Waals surface area contributed by atoms with Crippen LogP contribution < -0.4 is 5.32 Å². The molecule has 0 saturated heterocycles. The van der Waals surface area contributed by atoms with Crippen molar-refractivity contribution in [3.8, 4) is 5.88 Å². The van der Waals surface area contributed by atoms with Gasteiger partial charge in [-0.3, -0.25) is 0 Å². The molecule has 0 unspecified atom stereocenters. The quantitative estimate of drug-likeness (QED) is 0.829. The number of unbranched alkanes of at least 4 members (excludes halogenated alkanes) is 3. The second kappa shape index (κ2) is 6.61. The van der Waals surface area contributed by atoms with Crippen LogP contribution in [-0.4, -0.2) is 27.5 Å². The Hall–Kier alpha value is -1.75. The van der Waals surface area contributed by atoms with Gasteiger partial charge in [0.2, 0.25) is 5.88 Å². The first-order chi connectivity index (χ1) is 9.63. The topological polar surface area (TPSA) is 67.2 Å². The van der Waals surface area contributed by atoms with E-state index in [4.69, 9.17) is 11.6 Å². The van der Waals surface area contributed by atoms with Crippen LogP contribution in [0, 0.1) is 0 Å². The lowest BCUT2D eigenvalue weighted by atomic mass is 10.2. The summed E-state index contributed by atoms with van der Waals surface area (Å²) >= 11 is 5.91. The van der Waals surface area contributed by atoms with E-state index in [1.54, 1.807) is 18.2 Å². The average molecular weight is 296 g/mol. The van der Waals surface area contributed by atoms with Crippen molar-refractivity contribution in [1.29, 1.82) is 0 Å². The number of aromatic hydroxyl groups is 1. The highest BCUT2D eigenvalue weighted by molar-refractivity contribution is 6.31. The summed E-state index contributed by atoms with van der Waals surface area (Å²) in [6.45, 7) is 2.74. The molecule has 0 aliphatic rings. The molecule has 0 aliphatic carbocycles. The first kappa shape index (κ1) is 14.7. The van der Waals surface area contributed by atoms with Gasteiger partial charge in [-0.05, 0) is 24.6 Å². The van der Waals surface area contributed by atoms with Gasteiger partial charge in [0.05, 0.1) is 10.9 Å². The van der Waals surface area contributed by atoms with E-state index in [1.165, 1.54) is 0 Å². The van der Waals surface area contributed by atoms with Crippen LogP contribution in [-0.2, 0) is 0 Å². The Bertz CT molecular complexity index is 610. The Labute approximate surface area is 122 Å². The van der Waals surface area contributed by atoms with Gasteiger partial charge in [0.1, 0.15) is 0 Å². The standard InChI is InChI=1S/C14H18ClN3O2/c1-2-3-4-5-8-16-14(20)18-12-9-10(15)6-7-11(12)13(19)17-18/h6-7,9H,2-5,8H2,1H3,(H,16,20)(H,17,19). The fourth-order valence-corrected chi connectivity index (χ4v) is 2.21. The Morgan fingerprint density at radius 3 is 2.95 bits per heavy atom. The van der Waals surface area contributed by atoms with Crippen LogP contribution in [0.15, 0.2) is 18.2 Å². The number of nitrogens with one attached hydrogen (secondary N) is 1. The van der Waals surface area contributed by atoms with Gasteiger partial charge in [0, 0.05) is 11.6 Å². The number of rotatable bonds is 5. The minimum Gasteiger partial charge on any atom is -0.492 e. The van der Waals surface area contributed by atoms with E-state index in [-0.39, 0.29) is 11.9 Å². The SMILES string of the molecule is CCCCCCNC(=O)n1nc(O)c2ccc(Cl)cc21. The van der Waals surface area contributed by atoms with E-state index in [0.717, 1.165) is 30.4 Å². The third kappa shape index (κ3) is 3.22. The lowest BCUT2D eigenvalue weighted by Gasteiger charge is -2.05. The predicted octanol–water partition coefficient (Wildman–Crippen LogP) is 3.53. The van der Waals surface area contributed by atoms with Crippen molar-refractivity contribution in [2.75, 3.05) is 6.54 Å². The molecule has 0 saturated carbocycles. The minimum absolute atomic E-state index is 0.169. The lowest BCUT2D eigenvalue weighted by molar-refractivity contribution is 0.239. The highest BCUT2D eigenvalue weighted by atomic mass is 35.5. The molecule has 20 heavy (non-hydrogen) atoms. The van der Waals surface area contributed by atoms with Gasteiger partial charge in [-0.2, -0.15) is 4.68 Å². The summed E-state index contributed by atoms with van der Waals surface area (Å²) in [5.74, 6) is -0.169. The molecule has 1 amide bonds. The normalized spacial score (nSPS) is 10.9. The Morgan fingerprint density at radius 2 is 2.20 bits per heavy atom. The molecule has 0 fully saturated rings. The summed E-state index contributed by atoms with van der Waals surface area (Å²) in [5.41, 5.74) is 0.501. The summed E-state index contributed by atoms with van der Waals surface area (Å²) in [7, 11) is 0.